The van der Waals surface area contributed by atoms with Crippen LogP contribution in [-0.2, 0) is 32.0 Å². The van der Waals surface area contributed by atoms with E-state index in [1.165, 1.54) is 0 Å². The molecule has 2 aromatic carbocycles. The average molecular weight is 442 g/mol. The number of nitrogens with one attached hydrogen (secondary N) is 1. The molecule has 0 fully saturated rings. The zero-order valence-electron chi connectivity index (χ0n) is 14.6. The molecular weight excluding hydrogens is 426 g/mol. The number of azo groups is 1. The molecule has 11 heteroatoms. The third-order valence-corrected chi connectivity index (χ3v) is 3.84. The summed E-state index contributed by atoms with van der Waals surface area (Å²) >= 11 is 0. The number of phenolic OH excluding ortho intramolecular Hbond substituents is 1. The zero-order valence-corrected chi connectivity index (χ0v) is 15.3. The van der Waals surface area contributed by atoms with E-state index in [0.717, 1.165) is 24.3 Å². The Kier molecular flexibility index (Phi) is 8.13. The molecule has 0 spiro atoms. The third-order valence-electron chi connectivity index (χ3n) is 2.99. The number of aromatic hydroxyl groups is 1. The Labute approximate surface area is 167 Å². The number of amides is 1. The Hall–Kier alpha value is -2.72. The number of hydrogen-bond donors (Lipinski definition) is 4. The molecule has 2 rings (SSSR count). The van der Waals surface area contributed by atoms with E-state index in [-0.39, 0.29) is 36.5 Å². The first-order chi connectivity index (χ1) is 12.3. The second kappa shape index (κ2) is 9.83. The van der Waals surface area contributed by atoms with Gasteiger partial charge in [-0.2, -0.15) is 18.6 Å². The van der Waals surface area contributed by atoms with Gasteiger partial charge in [0, 0.05) is 28.8 Å². The Bertz CT molecular complexity index is 968. The van der Waals surface area contributed by atoms with Crippen molar-refractivity contribution in [2.75, 3.05) is 11.9 Å². The van der Waals surface area contributed by atoms with Crippen LogP contribution in [0.3, 0.4) is 0 Å². The summed E-state index contributed by atoms with van der Waals surface area (Å²) in [6.45, 7) is -0.377. The van der Waals surface area contributed by atoms with E-state index in [2.05, 4.69) is 15.5 Å². The number of carbonyl (C=O) groups excluding carboxylic acids is 1. The van der Waals surface area contributed by atoms with Crippen LogP contribution in [-0.4, -0.2) is 35.6 Å². The van der Waals surface area contributed by atoms with E-state index >= 15 is 0 Å². The fourth-order valence-electron chi connectivity index (χ4n) is 1.82. The number of phenols is 1. The molecule has 27 heavy (non-hydrogen) atoms. The largest absolute Gasteiger partial charge is 1.00 e. The molecule has 0 aromatic heterocycles. The van der Waals surface area contributed by atoms with E-state index in [1.54, 1.807) is 30.3 Å². The predicted molar refractivity (Wildman–Crippen MR) is 94.2 cm³/mol. The molecule has 1 radical (unpaired) electrons. The fourth-order valence-corrected chi connectivity index (χ4v) is 2.33. The number of nitrogens with zero attached hydrogens (tertiary/aromatic N) is 2. The molecule has 147 valence electrons. The van der Waals surface area contributed by atoms with Crippen molar-refractivity contribution < 1.29 is 46.5 Å². The molecule has 0 unspecified atom stereocenters. The van der Waals surface area contributed by atoms with Crippen molar-refractivity contribution in [2.24, 2.45) is 10.2 Å². The predicted octanol–water partition coefficient (Wildman–Crippen LogP) is 2.91. The Morgan fingerprint density at radius 3 is 2.48 bits per heavy atom. The molecule has 1 amide bonds. The molecule has 0 saturated carbocycles. The monoisotopic (exact) mass is 441 g/mol. The zero-order chi connectivity index (χ0) is 19.2. The van der Waals surface area contributed by atoms with Crippen molar-refractivity contribution >= 4 is 27.4 Å². The summed E-state index contributed by atoms with van der Waals surface area (Å²) in [6.07, 6.45) is 0.917. The number of para-hydroxylation sites is 1. The molecule has 0 aliphatic carbocycles. The first-order valence-corrected chi connectivity index (χ1v) is 8.63. The maximum Gasteiger partial charge on any atom is 1.00 e. The third kappa shape index (κ3) is 7.19. The van der Waals surface area contributed by atoms with Crippen molar-refractivity contribution in [3.05, 3.63) is 60.4 Å². The quantitative estimate of drug-likeness (QED) is 0.178. The summed E-state index contributed by atoms with van der Waals surface area (Å²) in [5.41, 5.74) is 0.330. The van der Waals surface area contributed by atoms with Crippen LogP contribution in [0, 0.1) is 0 Å². The van der Waals surface area contributed by atoms with Crippen molar-refractivity contribution in [3.8, 4) is 5.75 Å². The molecule has 0 saturated heterocycles. The molecule has 0 bridgehead atoms. The summed E-state index contributed by atoms with van der Waals surface area (Å²) in [6, 6.07) is 11.5. The molecule has 0 heterocycles. The minimum Gasteiger partial charge on any atom is -0.510 e. The minimum atomic E-state index is -4.46. The molecule has 2 aromatic rings. The van der Waals surface area contributed by atoms with Crippen LogP contribution in [0.5, 0.6) is 5.75 Å². The number of carbonyl (C=O) groups is 1. The van der Waals surface area contributed by atoms with Gasteiger partial charge in [0.2, 0.25) is 0 Å². The molecule has 0 aliphatic heterocycles. The summed E-state index contributed by atoms with van der Waals surface area (Å²) in [4.78, 5) is 11.2. The number of benzene rings is 2. The molecular formula is C16H16CuN3O6S+. The molecule has 9 nitrogen and oxygen atoms in total. The van der Waals surface area contributed by atoms with Crippen LogP contribution in [0.15, 0.2) is 75.5 Å². The fraction of sp³-hybridized carbons (Fsp3) is 0.0625. The Morgan fingerprint density at radius 2 is 1.85 bits per heavy atom. The summed E-state index contributed by atoms with van der Waals surface area (Å²) in [5.74, 6) is -1.33. The van der Waals surface area contributed by atoms with Crippen molar-refractivity contribution in [1.82, 2.24) is 0 Å². The van der Waals surface area contributed by atoms with E-state index < -0.39 is 26.7 Å². The van der Waals surface area contributed by atoms with Crippen LogP contribution in [0.1, 0.15) is 1.43 Å². The van der Waals surface area contributed by atoms with Crippen molar-refractivity contribution in [2.45, 2.75) is 4.90 Å². The van der Waals surface area contributed by atoms with E-state index in [9.17, 15) is 23.4 Å². The van der Waals surface area contributed by atoms with Gasteiger partial charge < -0.3 is 15.5 Å². The van der Waals surface area contributed by atoms with Crippen LogP contribution in [0.2, 0.25) is 0 Å². The van der Waals surface area contributed by atoms with Gasteiger partial charge in [-0.3, -0.25) is 9.35 Å². The van der Waals surface area contributed by atoms with Crippen molar-refractivity contribution in [3.63, 3.8) is 0 Å². The molecule has 0 atom stereocenters. The normalized spacial score (nSPS) is 11.8. The van der Waals surface area contributed by atoms with Crippen LogP contribution in [0.25, 0.3) is 0 Å². The average Bonchev–Trinajstić information content (AvgIpc) is 2.56. The van der Waals surface area contributed by atoms with Gasteiger partial charge in [-0.25, -0.2) is 0 Å². The van der Waals surface area contributed by atoms with Gasteiger partial charge in [-0.15, -0.1) is 0 Å². The number of anilines is 1. The van der Waals surface area contributed by atoms with Gasteiger partial charge in [-0.05, 0) is 30.3 Å². The first-order valence-electron chi connectivity index (χ1n) is 7.19. The van der Waals surface area contributed by atoms with Gasteiger partial charge in [-0.1, -0.05) is 18.2 Å². The molecule has 0 aliphatic rings. The minimum absolute atomic E-state index is 0. The van der Waals surface area contributed by atoms with Gasteiger partial charge in [0.1, 0.15) is 23.7 Å². The smallest absolute Gasteiger partial charge is 0.510 e. The van der Waals surface area contributed by atoms with Gasteiger partial charge >= 0.3 is 1.43 Å². The standard InChI is InChI=1S/C16H15N3O6S.Cu/c20-12(8-16(22)18-11-4-2-1-3-5-11)10-17-19-14-9-13(26(23,24)25)6-7-15(14)21;/h1-9,20-21H,10H2,(H,18,22)(H,23,24,25);/p+1/b12-8-,19-17?;. The van der Waals surface area contributed by atoms with E-state index in [1.807, 2.05) is 0 Å². The Morgan fingerprint density at radius 1 is 1.19 bits per heavy atom. The second-order valence-corrected chi connectivity index (χ2v) is 6.44. The van der Waals surface area contributed by atoms with Crippen LogP contribution >= 0.6 is 0 Å². The number of aliphatic hydroxyl groups excluding tert-OH is 1. The van der Waals surface area contributed by atoms with Gasteiger partial charge in [0.05, 0.1) is 4.90 Å². The topological polar surface area (TPSA) is 149 Å². The first kappa shape index (κ1) is 22.3. The molecule has 4 N–H and O–H groups in total. The SMILES string of the molecule is O=C(/C=C(\O)CN=Nc1cc(S(=O)(=O)O)ccc1O)Nc1ccccc1.[Cu].[H+]. The summed E-state index contributed by atoms with van der Waals surface area (Å²) in [7, 11) is -4.46. The number of rotatable bonds is 6. The Balaban J connectivity index is 0.00000364. The number of aliphatic hydroxyl groups is 1. The summed E-state index contributed by atoms with van der Waals surface area (Å²) in [5, 5.41) is 29.0. The number of hydrogen-bond acceptors (Lipinski definition) is 7. The van der Waals surface area contributed by atoms with E-state index in [0.29, 0.717) is 5.69 Å². The summed E-state index contributed by atoms with van der Waals surface area (Å²) < 4.78 is 31.1. The van der Waals surface area contributed by atoms with Crippen molar-refractivity contribution in [1.29, 1.82) is 0 Å². The van der Waals surface area contributed by atoms with E-state index in [4.69, 9.17) is 4.55 Å². The van der Waals surface area contributed by atoms with Gasteiger partial charge in [0.15, 0.2) is 0 Å². The second-order valence-electron chi connectivity index (χ2n) is 5.02. The van der Waals surface area contributed by atoms with Gasteiger partial charge in [0.25, 0.3) is 16.0 Å². The maximum atomic E-state index is 11.7. The van der Waals surface area contributed by atoms with Crippen LogP contribution in [0.4, 0.5) is 11.4 Å². The van der Waals surface area contributed by atoms with Crippen LogP contribution < -0.4 is 5.32 Å². The maximum absolute atomic E-state index is 11.7.